The van der Waals surface area contributed by atoms with Crippen LogP contribution in [-0.4, -0.2) is 29.6 Å². The Bertz CT molecular complexity index is 982. The number of hydrogen-bond donors (Lipinski definition) is 0. The van der Waals surface area contributed by atoms with Gasteiger partial charge in [-0.25, -0.2) is 0 Å². The van der Waals surface area contributed by atoms with Crippen molar-refractivity contribution in [2.45, 2.75) is 6.92 Å². The Morgan fingerprint density at radius 1 is 1.14 bits per heavy atom. The fourth-order valence-electron chi connectivity index (χ4n) is 2.24. The molecule has 110 valence electrons. The highest BCUT2D eigenvalue weighted by atomic mass is 35.5. The van der Waals surface area contributed by atoms with Gasteiger partial charge in [-0.1, -0.05) is 35.1 Å². The molecule has 0 atom stereocenters. The van der Waals surface area contributed by atoms with Crippen LogP contribution in [0.15, 0.2) is 30.5 Å². The summed E-state index contributed by atoms with van der Waals surface area (Å²) >= 11 is 7.73. The Hall–Kier alpha value is -2.25. The third-order valence-corrected chi connectivity index (χ3v) is 4.83. The summed E-state index contributed by atoms with van der Waals surface area (Å²) in [4.78, 5) is 0.730. The fourth-order valence-corrected chi connectivity index (χ4v) is 3.37. The van der Waals surface area contributed by atoms with Crippen LogP contribution < -0.4 is 0 Å². The maximum absolute atomic E-state index is 6.25. The SMILES string of the molecule is Cc1c(-c2nn3c(-c4ccccc4Cl)nnc3s2)cnn1C. The Kier molecular flexibility index (Phi) is 2.98. The van der Waals surface area contributed by atoms with Gasteiger partial charge in [0.15, 0.2) is 10.8 Å². The summed E-state index contributed by atoms with van der Waals surface area (Å²) in [5, 5.41) is 18.8. The Morgan fingerprint density at radius 2 is 1.95 bits per heavy atom. The summed E-state index contributed by atoms with van der Waals surface area (Å²) in [5.74, 6) is 0.643. The number of aromatic nitrogens is 6. The van der Waals surface area contributed by atoms with E-state index < -0.39 is 0 Å². The van der Waals surface area contributed by atoms with Gasteiger partial charge in [-0.05, 0) is 19.1 Å². The molecule has 0 aliphatic heterocycles. The number of nitrogens with zero attached hydrogens (tertiary/aromatic N) is 6. The molecular weight excluding hydrogens is 320 g/mol. The van der Waals surface area contributed by atoms with Crippen molar-refractivity contribution in [1.29, 1.82) is 0 Å². The monoisotopic (exact) mass is 330 g/mol. The Morgan fingerprint density at radius 3 is 2.68 bits per heavy atom. The van der Waals surface area contributed by atoms with Crippen molar-refractivity contribution in [3.05, 3.63) is 41.2 Å². The summed E-state index contributed by atoms with van der Waals surface area (Å²) < 4.78 is 3.56. The van der Waals surface area contributed by atoms with E-state index in [1.54, 1.807) is 4.52 Å². The van der Waals surface area contributed by atoms with E-state index in [0.29, 0.717) is 10.8 Å². The minimum Gasteiger partial charge on any atom is -0.272 e. The summed E-state index contributed by atoms with van der Waals surface area (Å²) in [7, 11) is 1.91. The molecule has 6 nitrogen and oxygen atoms in total. The molecule has 3 heterocycles. The van der Waals surface area contributed by atoms with Gasteiger partial charge in [-0.2, -0.15) is 14.7 Å². The lowest BCUT2D eigenvalue weighted by Crippen LogP contribution is -1.93. The van der Waals surface area contributed by atoms with Gasteiger partial charge in [0.25, 0.3) is 0 Å². The van der Waals surface area contributed by atoms with Gasteiger partial charge >= 0.3 is 0 Å². The van der Waals surface area contributed by atoms with E-state index in [0.717, 1.165) is 26.8 Å². The second-order valence-corrected chi connectivity index (χ2v) is 6.24. The first kappa shape index (κ1) is 13.4. The molecule has 8 heteroatoms. The van der Waals surface area contributed by atoms with Crippen molar-refractivity contribution in [1.82, 2.24) is 29.6 Å². The van der Waals surface area contributed by atoms with Gasteiger partial charge in [0.2, 0.25) is 4.96 Å². The highest BCUT2D eigenvalue weighted by molar-refractivity contribution is 7.19. The van der Waals surface area contributed by atoms with Crippen LogP contribution in [0.4, 0.5) is 0 Å². The van der Waals surface area contributed by atoms with Crippen molar-refractivity contribution in [2.24, 2.45) is 7.05 Å². The molecule has 0 amide bonds. The highest BCUT2D eigenvalue weighted by Gasteiger charge is 2.18. The maximum atomic E-state index is 6.25. The summed E-state index contributed by atoms with van der Waals surface area (Å²) in [6.07, 6.45) is 1.82. The average Bonchev–Trinajstić information content (AvgIpc) is 3.16. The summed E-state index contributed by atoms with van der Waals surface area (Å²) in [6.45, 7) is 2.01. The van der Waals surface area contributed by atoms with Crippen molar-refractivity contribution in [3.63, 3.8) is 0 Å². The lowest BCUT2D eigenvalue weighted by atomic mass is 10.2. The van der Waals surface area contributed by atoms with Crippen LogP contribution >= 0.6 is 22.9 Å². The zero-order valence-electron chi connectivity index (χ0n) is 11.9. The van der Waals surface area contributed by atoms with Gasteiger partial charge < -0.3 is 0 Å². The third-order valence-electron chi connectivity index (χ3n) is 3.57. The van der Waals surface area contributed by atoms with Gasteiger partial charge in [0.05, 0.1) is 16.8 Å². The number of fused-ring (bicyclic) bond motifs is 1. The van der Waals surface area contributed by atoms with Crippen molar-refractivity contribution in [2.75, 3.05) is 0 Å². The standard InChI is InChI=1S/C14H11ClN6S/c1-8-10(7-16-20(8)2)13-19-21-12(17-18-14(21)22-13)9-5-3-4-6-11(9)15/h3-7H,1-2H3. The van der Waals surface area contributed by atoms with Crippen LogP contribution in [0.25, 0.3) is 26.9 Å². The second kappa shape index (κ2) is 4.89. The fraction of sp³-hybridized carbons (Fsp3) is 0.143. The molecule has 0 N–H and O–H groups in total. The van der Waals surface area contributed by atoms with E-state index in [4.69, 9.17) is 11.6 Å². The molecule has 0 fully saturated rings. The van der Waals surface area contributed by atoms with Crippen LogP contribution in [-0.2, 0) is 7.05 Å². The van der Waals surface area contributed by atoms with Gasteiger partial charge in [0.1, 0.15) is 0 Å². The zero-order chi connectivity index (χ0) is 15.3. The van der Waals surface area contributed by atoms with E-state index in [1.165, 1.54) is 11.3 Å². The predicted molar refractivity (Wildman–Crippen MR) is 86.0 cm³/mol. The van der Waals surface area contributed by atoms with Crippen molar-refractivity contribution in [3.8, 4) is 22.0 Å². The largest absolute Gasteiger partial charge is 0.272 e. The molecule has 0 aliphatic rings. The topological polar surface area (TPSA) is 60.9 Å². The molecule has 4 aromatic rings. The first-order valence-corrected chi connectivity index (χ1v) is 7.80. The normalized spacial score (nSPS) is 11.4. The van der Waals surface area contributed by atoms with Crippen LogP contribution in [0.1, 0.15) is 5.69 Å². The van der Waals surface area contributed by atoms with E-state index in [-0.39, 0.29) is 0 Å². The van der Waals surface area contributed by atoms with Crippen molar-refractivity contribution >= 4 is 27.9 Å². The van der Waals surface area contributed by atoms with Crippen LogP contribution in [0.3, 0.4) is 0 Å². The predicted octanol–water partition coefficient (Wildman–Crippen LogP) is 3.22. The highest BCUT2D eigenvalue weighted by Crippen LogP contribution is 2.31. The number of rotatable bonds is 2. The third kappa shape index (κ3) is 1.93. The second-order valence-electron chi connectivity index (χ2n) is 4.87. The molecule has 0 aliphatic carbocycles. The van der Waals surface area contributed by atoms with E-state index >= 15 is 0 Å². The van der Waals surface area contributed by atoms with E-state index in [2.05, 4.69) is 20.4 Å². The number of aryl methyl sites for hydroxylation is 1. The van der Waals surface area contributed by atoms with Gasteiger partial charge in [0, 0.05) is 18.3 Å². The number of hydrogen-bond acceptors (Lipinski definition) is 5. The molecule has 0 radical (unpaired) electrons. The van der Waals surface area contributed by atoms with Gasteiger partial charge in [-0.3, -0.25) is 4.68 Å². The number of halogens is 1. The molecular formula is C14H11ClN6S. The molecule has 0 saturated carbocycles. The van der Waals surface area contributed by atoms with Crippen molar-refractivity contribution < 1.29 is 0 Å². The van der Waals surface area contributed by atoms with Crippen LogP contribution in [0.2, 0.25) is 5.02 Å². The quantitative estimate of drug-likeness (QED) is 0.566. The van der Waals surface area contributed by atoms with E-state index in [9.17, 15) is 0 Å². The number of benzene rings is 1. The first-order chi connectivity index (χ1) is 10.6. The maximum Gasteiger partial charge on any atom is 0.235 e. The van der Waals surface area contributed by atoms with Gasteiger partial charge in [-0.15, -0.1) is 10.2 Å². The first-order valence-electron chi connectivity index (χ1n) is 6.61. The van der Waals surface area contributed by atoms with Crippen LogP contribution in [0, 0.1) is 6.92 Å². The molecule has 3 aromatic heterocycles. The molecule has 0 bridgehead atoms. The lowest BCUT2D eigenvalue weighted by molar-refractivity contribution is 0.740. The van der Waals surface area contributed by atoms with E-state index in [1.807, 2.05) is 49.1 Å². The molecule has 4 rings (SSSR count). The minimum absolute atomic E-state index is 0.629. The Labute approximate surface area is 135 Å². The molecule has 22 heavy (non-hydrogen) atoms. The van der Waals surface area contributed by atoms with Crippen LogP contribution in [0.5, 0.6) is 0 Å². The Balaban J connectivity index is 1.90. The summed E-state index contributed by atoms with van der Waals surface area (Å²) in [6, 6.07) is 7.54. The minimum atomic E-state index is 0.629. The summed E-state index contributed by atoms with van der Waals surface area (Å²) in [5.41, 5.74) is 2.88. The molecule has 0 unspecified atom stereocenters. The lowest BCUT2D eigenvalue weighted by Gasteiger charge is -1.99. The molecule has 0 saturated heterocycles. The molecule has 0 spiro atoms. The smallest absolute Gasteiger partial charge is 0.235 e. The average molecular weight is 331 g/mol. The zero-order valence-corrected chi connectivity index (χ0v) is 13.4. The molecule has 1 aromatic carbocycles.